The molecule has 0 spiro atoms. The summed E-state index contributed by atoms with van der Waals surface area (Å²) >= 11 is 0. The van der Waals surface area contributed by atoms with Gasteiger partial charge in [0, 0.05) is 12.0 Å². The van der Waals surface area contributed by atoms with Crippen molar-refractivity contribution in [3.63, 3.8) is 0 Å². The fraction of sp³-hybridized carbons (Fsp3) is 0.800. The summed E-state index contributed by atoms with van der Waals surface area (Å²) in [5.41, 5.74) is 11.4. The Morgan fingerprint density at radius 2 is 2.13 bits per heavy atom. The van der Waals surface area contributed by atoms with Crippen LogP contribution in [0.25, 0.3) is 0 Å². The zero-order chi connectivity index (χ0) is 10.9. The lowest BCUT2D eigenvalue weighted by molar-refractivity contribution is 0.237. The molecule has 1 aromatic heterocycles. The molecule has 84 valence electrons. The molecular formula is C10H19N5. The molecule has 1 aromatic rings. The van der Waals surface area contributed by atoms with Gasteiger partial charge in [0.1, 0.15) is 5.82 Å². The van der Waals surface area contributed by atoms with Crippen LogP contribution in [0, 0.1) is 5.92 Å². The number of nitrogens with zero attached hydrogens (tertiary/aromatic N) is 2. The van der Waals surface area contributed by atoms with E-state index >= 15 is 0 Å². The maximum atomic E-state index is 5.90. The predicted octanol–water partition coefficient (Wildman–Crippen LogP) is 0.793. The fourth-order valence-electron chi connectivity index (χ4n) is 2.36. The molecule has 1 saturated carbocycles. The summed E-state index contributed by atoms with van der Waals surface area (Å²) in [7, 11) is 0. The monoisotopic (exact) mass is 209 g/mol. The van der Waals surface area contributed by atoms with Crippen LogP contribution in [0.1, 0.15) is 38.4 Å². The summed E-state index contributed by atoms with van der Waals surface area (Å²) in [6.07, 6.45) is 4.58. The highest BCUT2D eigenvalue weighted by Gasteiger charge is 2.37. The van der Waals surface area contributed by atoms with E-state index in [-0.39, 0.29) is 5.41 Å². The Balaban J connectivity index is 2.22. The molecule has 0 aromatic carbocycles. The van der Waals surface area contributed by atoms with Gasteiger partial charge in [-0.15, -0.1) is 5.10 Å². The van der Waals surface area contributed by atoms with Gasteiger partial charge in [0.15, 0.2) is 0 Å². The van der Waals surface area contributed by atoms with Crippen molar-refractivity contribution in [2.75, 3.05) is 12.3 Å². The molecule has 0 unspecified atom stereocenters. The summed E-state index contributed by atoms with van der Waals surface area (Å²) in [6, 6.07) is 0. The smallest absolute Gasteiger partial charge is 0.239 e. The fourth-order valence-corrected chi connectivity index (χ4v) is 2.36. The summed E-state index contributed by atoms with van der Waals surface area (Å²) in [5.74, 6) is 1.98. The van der Waals surface area contributed by atoms with Gasteiger partial charge in [0.25, 0.3) is 0 Å². The van der Waals surface area contributed by atoms with Crippen molar-refractivity contribution in [3.05, 3.63) is 5.82 Å². The van der Waals surface area contributed by atoms with Crippen LogP contribution in [-0.2, 0) is 5.41 Å². The molecule has 0 aliphatic heterocycles. The lowest BCUT2D eigenvalue weighted by atomic mass is 9.70. The van der Waals surface area contributed by atoms with E-state index < -0.39 is 0 Å². The lowest BCUT2D eigenvalue weighted by Gasteiger charge is -2.36. The first-order chi connectivity index (χ1) is 7.16. The second-order valence-electron chi connectivity index (χ2n) is 4.71. The van der Waals surface area contributed by atoms with Crippen molar-refractivity contribution in [2.45, 2.75) is 38.0 Å². The Bertz CT molecular complexity index is 324. The van der Waals surface area contributed by atoms with E-state index in [9.17, 15) is 0 Å². The van der Waals surface area contributed by atoms with Crippen LogP contribution >= 0.6 is 0 Å². The minimum Gasteiger partial charge on any atom is -0.367 e. The third kappa shape index (κ3) is 1.84. The quantitative estimate of drug-likeness (QED) is 0.671. The molecule has 0 saturated heterocycles. The highest BCUT2D eigenvalue weighted by atomic mass is 15.3. The van der Waals surface area contributed by atoms with E-state index in [0.29, 0.717) is 12.5 Å². The Kier molecular flexibility index (Phi) is 2.65. The molecule has 5 N–H and O–H groups in total. The zero-order valence-corrected chi connectivity index (χ0v) is 9.16. The van der Waals surface area contributed by atoms with Crippen molar-refractivity contribution >= 4 is 5.95 Å². The minimum absolute atomic E-state index is 0.0167. The molecule has 1 aliphatic carbocycles. The van der Waals surface area contributed by atoms with Crippen LogP contribution in [-0.4, -0.2) is 21.7 Å². The van der Waals surface area contributed by atoms with E-state index in [1.807, 2.05) is 0 Å². The number of aromatic nitrogens is 3. The average molecular weight is 209 g/mol. The Morgan fingerprint density at radius 1 is 1.47 bits per heavy atom. The van der Waals surface area contributed by atoms with E-state index in [0.717, 1.165) is 24.6 Å². The van der Waals surface area contributed by atoms with E-state index in [1.165, 1.54) is 12.8 Å². The number of nitrogen functional groups attached to an aromatic ring is 1. The topological polar surface area (TPSA) is 93.6 Å². The number of rotatable bonds is 2. The SMILES string of the molecule is CC1CCC(CN)(c2nc(N)n[nH]2)CC1. The summed E-state index contributed by atoms with van der Waals surface area (Å²) < 4.78 is 0. The van der Waals surface area contributed by atoms with Gasteiger partial charge in [-0.3, -0.25) is 5.10 Å². The van der Waals surface area contributed by atoms with Crippen LogP contribution in [0.15, 0.2) is 0 Å². The van der Waals surface area contributed by atoms with Gasteiger partial charge in [-0.1, -0.05) is 6.92 Å². The molecule has 0 amide bonds. The summed E-state index contributed by atoms with van der Waals surface area (Å²) in [4.78, 5) is 4.23. The van der Waals surface area contributed by atoms with Gasteiger partial charge in [0.05, 0.1) is 0 Å². The maximum absolute atomic E-state index is 5.90. The molecule has 2 rings (SSSR count). The minimum atomic E-state index is -0.0167. The van der Waals surface area contributed by atoms with Crippen molar-refractivity contribution in [3.8, 4) is 0 Å². The first-order valence-corrected chi connectivity index (χ1v) is 5.55. The number of hydrogen-bond donors (Lipinski definition) is 3. The molecule has 15 heavy (non-hydrogen) atoms. The molecule has 5 heteroatoms. The molecule has 5 nitrogen and oxygen atoms in total. The molecule has 1 fully saturated rings. The molecular weight excluding hydrogens is 190 g/mol. The van der Waals surface area contributed by atoms with Crippen LogP contribution in [0.5, 0.6) is 0 Å². The highest BCUT2D eigenvalue weighted by molar-refractivity contribution is 5.19. The first-order valence-electron chi connectivity index (χ1n) is 5.55. The third-order valence-electron chi connectivity index (χ3n) is 3.63. The lowest BCUT2D eigenvalue weighted by Crippen LogP contribution is -2.39. The van der Waals surface area contributed by atoms with Crippen LogP contribution in [0.2, 0.25) is 0 Å². The molecule has 0 atom stereocenters. The normalized spacial score (nSPS) is 31.7. The van der Waals surface area contributed by atoms with Gasteiger partial charge >= 0.3 is 0 Å². The Morgan fingerprint density at radius 3 is 2.60 bits per heavy atom. The number of hydrogen-bond acceptors (Lipinski definition) is 4. The van der Waals surface area contributed by atoms with Crippen molar-refractivity contribution in [1.82, 2.24) is 15.2 Å². The maximum Gasteiger partial charge on any atom is 0.239 e. The molecule has 0 radical (unpaired) electrons. The van der Waals surface area contributed by atoms with Crippen LogP contribution in [0.4, 0.5) is 5.95 Å². The van der Waals surface area contributed by atoms with Crippen LogP contribution in [0.3, 0.4) is 0 Å². The molecule has 1 heterocycles. The van der Waals surface area contributed by atoms with Gasteiger partial charge < -0.3 is 11.5 Å². The highest BCUT2D eigenvalue weighted by Crippen LogP contribution is 2.39. The number of anilines is 1. The largest absolute Gasteiger partial charge is 0.367 e. The number of nitrogens with two attached hydrogens (primary N) is 2. The van der Waals surface area contributed by atoms with Crippen molar-refractivity contribution < 1.29 is 0 Å². The van der Waals surface area contributed by atoms with E-state index in [4.69, 9.17) is 11.5 Å². The van der Waals surface area contributed by atoms with Crippen molar-refractivity contribution in [2.24, 2.45) is 11.7 Å². The Hall–Kier alpha value is -1.10. The second kappa shape index (κ2) is 3.81. The average Bonchev–Trinajstić information content (AvgIpc) is 2.67. The van der Waals surface area contributed by atoms with Crippen molar-refractivity contribution in [1.29, 1.82) is 0 Å². The number of aromatic amines is 1. The summed E-state index contributed by atoms with van der Waals surface area (Å²) in [6.45, 7) is 2.91. The second-order valence-corrected chi connectivity index (χ2v) is 4.71. The molecule has 0 bridgehead atoms. The third-order valence-corrected chi connectivity index (χ3v) is 3.63. The van der Waals surface area contributed by atoms with E-state index in [2.05, 4.69) is 22.1 Å². The van der Waals surface area contributed by atoms with Gasteiger partial charge in [-0.2, -0.15) is 4.98 Å². The number of nitrogens with one attached hydrogen (secondary N) is 1. The zero-order valence-electron chi connectivity index (χ0n) is 9.16. The van der Waals surface area contributed by atoms with E-state index in [1.54, 1.807) is 0 Å². The standard InChI is InChI=1S/C10H19N5/c1-7-2-4-10(6-11,5-3-7)8-13-9(12)15-14-8/h7H,2-6,11H2,1H3,(H3,12,13,14,15). The summed E-state index contributed by atoms with van der Waals surface area (Å²) in [5, 5.41) is 6.81. The van der Waals surface area contributed by atoms with Gasteiger partial charge in [0.2, 0.25) is 5.95 Å². The van der Waals surface area contributed by atoms with Gasteiger partial charge in [-0.05, 0) is 31.6 Å². The Labute approximate surface area is 89.6 Å². The molecule has 1 aliphatic rings. The predicted molar refractivity (Wildman–Crippen MR) is 59.2 cm³/mol. The number of H-pyrrole nitrogens is 1. The van der Waals surface area contributed by atoms with Crippen LogP contribution < -0.4 is 11.5 Å². The first kappa shape index (κ1) is 10.4. The van der Waals surface area contributed by atoms with Gasteiger partial charge in [-0.25, -0.2) is 0 Å².